The monoisotopic (exact) mass is 372 g/mol. The number of fused-ring (bicyclic) bond motifs is 1. The fourth-order valence-corrected chi connectivity index (χ4v) is 4.95. The molecule has 2 fully saturated rings. The second kappa shape index (κ2) is 6.29. The summed E-state index contributed by atoms with van der Waals surface area (Å²) in [6.07, 6.45) is 6.63. The summed E-state index contributed by atoms with van der Waals surface area (Å²) in [5.74, 6) is 2.63. The van der Waals surface area contributed by atoms with E-state index in [1.54, 1.807) is 23.1 Å². The number of nitrogens with zero attached hydrogens (tertiary/aromatic N) is 4. The molecule has 2 aromatic heterocycles. The third-order valence-corrected chi connectivity index (χ3v) is 6.89. The maximum atomic E-state index is 5.91. The molecule has 1 saturated carbocycles. The first kappa shape index (κ1) is 15.6. The van der Waals surface area contributed by atoms with Gasteiger partial charge in [-0.25, -0.2) is 4.98 Å². The van der Waals surface area contributed by atoms with E-state index in [2.05, 4.69) is 39.6 Å². The Morgan fingerprint density at radius 2 is 1.80 bits per heavy atom. The maximum Gasteiger partial charge on any atom is 0.219 e. The normalized spacial score (nSPS) is 19.0. The summed E-state index contributed by atoms with van der Waals surface area (Å²) < 4.78 is 7.18. The van der Waals surface area contributed by atoms with Crippen molar-refractivity contribution >= 4 is 38.4 Å². The van der Waals surface area contributed by atoms with Gasteiger partial charge in [0.15, 0.2) is 5.13 Å². The Morgan fingerprint density at radius 3 is 2.48 bits per heavy atom. The van der Waals surface area contributed by atoms with Gasteiger partial charge in [0.1, 0.15) is 0 Å². The number of hydrogen-bond acceptors (Lipinski definition) is 7. The fourth-order valence-electron chi connectivity index (χ4n) is 3.38. The minimum atomic E-state index is 0.397. The van der Waals surface area contributed by atoms with Crippen LogP contribution in [0.1, 0.15) is 49.3 Å². The van der Waals surface area contributed by atoms with Crippen LogP contribution in [0, 0.1) is 0 Å². The zero-order valence-corrected chi connectivity index (χ0v) is 15.8. The molecule has 3 aromatic rings. The minimum absolute atomic E-state index is 0.397. The predicted octanol–water partition coefficient (Wildman–Crippen LogP) is 4.66. The van der Waals surface area contributed by atoms with Gasteiger partial charge in [0, 0.05) is 29.8 Å². The van der Waals surface area contributed by atoms with Gasteiger partial charge < -0.3 is 9.32 Å². The highest BCUT2D eigenvalue weighted by Crippen LogP contribution is 2.40. The van der Waals surface area contributed by atoms with Crippen LogP contribution in [0.3, 0.4) is 0 Å². The van der Waals surface area contributed by atoms with Gasteiger partial charge in [0.2, 0.25) is 11.8 Å². The molecule has 3 heterocycles. The molecule has 0 bridgehead atoms. The largest absolute Gasteiger partial charge is 0.425 e. The summed E-state index contributed by atoms with van der Waals surface area (Å²) in [6, 6.07) is 6.52. The maximum absolute atomic E-state index is 5.91. The van der Waals surface area contributed by atoms with Crippen molar-refractivity contribution in [1.29, 1.82) is 0 Å². The van der Waals surface area contributed by atoms with Gasteiger partial charge in [-0.1, -0.05) is 11.3 Å². The van der Waals surface area contributed by atoms with Crippen molar-refractivity contribution in [2.75, 3.05) is 24.2 Å². The highest BCUT2D eigenvalue weighted by Gasteiger charge is 2.32. The van der Waals surface area contributed by atoms with Crippen molar-refractivity contribution in [2.24, 2.45) is 0 Å². The van der Waals surface area contributed by atoms with Crippen LogP contribution >= 0.6 is 23.1 Å². The summed E-state index contributed by atoms with van der Waals surface area (Å²) in [5, 5.41) is 9.67. The molecule has 0 N–H and O–H groups in total. The fraction of sp³-hybridized carbons (Fsp3) is 0.500. The molecule has 0 amide bonds. The van der Waals surface area contributed by atoms with Crippen LogP contribution in [0.25, 0.3) is 10.2 Å². The highest BCUT2D eigenvalue weighted by atomic mass is 32.2. The number of thioether (sulfide) groups is 1. The number of hydrogen-bond donors (Lipinski definition) is 0. The van der Waals surface area contributed by atoms with Gasteiger partial charge in [-0.05, 0) is 50.1 Å². The molecular formula is C18H20N4OS2. The molecule has 1 aliphatic carbocycles. The van der Waals surface area contributed by atoms with E-state index in [-0.39, 0.29) is 0 Å². The number of anilines is 1. The Kier molecular flexibility index (Phi) is 3.93. The molecule has 5 rings (SSSR count). The molecule has 0 unspecified atom stereocenters. The summed E-state index contributed by atoms with van der Waals surface area (Å²) >= 11 is 3.57. The Bertz CT molecular complexity index is 894. The Hall–Kier alpha value is -1.60. The summed E-state index contributed by atoms with van der Waals surface area (Å²) in [7, 11) is 0. The standard InChI is InChI=1S/C18H20N4OS2/c1-24-13-4-5-14-15(10-13)25-18(19-14)22-8-6-12(7-9-22)17-21-20-16(23-17)11-2-3-11/h4-5,10-12H,2-3,6-9H2,1H3. The van der Waals surface area contributed by atoms with Gasteiger partial charge in [-0.2, -0.15) is 0 Å². The molecule has 5 nitrogen and oxygen atoms in total. The first-order chi connectivity index (χ1) is 12.3. The van der Waals surface area contributed by atoms with E-state index in [0.29, 0.717) is 11.8 Å². The SMILES string of the molecule is CSc1ccc2nc(N3CCC(c4nnc(C5CC5)o4)CC3)sc2c1. The summed E-state index contributed by atoms with van der Waals surface area (Å²) in [5.41, 5.74) is 1.10. The van der Waals surface area contributed by atoms with Crippen molar-refractivity contribution in [3.05, 3.63) is 30.0 Å². The smallest absolute Gasteiger partial charge is 0.219 e. The van der Waals surface area contributed by atoms with Crippen molar-refractivity contribution in [2.45, 2.75) is 42.4 Å². The molecule has 1 saturated heterocycles. The topological polar surface area (TPSA) is 55.1 Å². The van der Waals surface area contributed by atoms with E-state index in [0.717, 1.165) is 48.4 Å². The Balaban J connectivity index is 1.29. The van der Waals surface area contributed by atoms with E-state index >= 15 is 0 Å². The molecule has 0 spiro atoms. The van der Waals surface area contributed by atoms with Crippen LogP contribution in [0.2, 0.25) is 0 Å². The quantitative estimate of drug-likeness (QED) is 0.621. The van der Waals surface area contributed by atoms with E-state index < -0.39 is 0 Å². The number of rotatable bonds is 4. The molecule has 1 aliphatic heterocycles. The molecule has 130 valence electrons. The van der Waals surface area contributed by atoms with Crippen LogP contribution < -0.4 is 4.90 Å². The van der Waals surface area contributed by atoms with Gasteiger partial charge in [-0.15, -0.1) is 22.0 Å². The van der Waals surface area contributed by atoms with E-state index in [9.17, 15) is 0 Å². The third-order valence-electron chi connectivity index (χ3n) is 5.08. The average Bonchev–Trinajstić information content (AvgIpc) is 3.23. The average molecular weight is 373 g/mol. The predicted molar refractivity (Wildman–Crippen MR) is 102 cm³/mol. The lowest BCUT2D eigenvalue weighted by Crippen LogP contribution is -2.32. The number of piperidine rings is 1. The first-order valence-corrected chi connectivity index (χ1v) is 10.9. The van der Waals surface area contributed by atoms with Gasteiger partial charge >= 0.3 is 0 Å². The van der Waals surface area contributed by atoms with Crippen molar-refractivity contribution < 1.29 is 4.42 Å². The lowest BCUT2D eigenvalue weighted by Gasteiger charge is -2.30. The second-order valence-electron chi connectivity index (χ2n) is 6.84. The molecule has 1 aromatic carbocycles. The Morgan fingerprint density at radius 1 is 1.08 bits per heavy atom. The van der Waals surface area contributed by atoms with Crippen molar-refractivity contribution in [3.63, 3.8) is 0 Å². The minimum Gasteiger partial charge on any atom is -0.425 e. The molecule has 0 atom stereocenters. The molecule has 25 heavy (non-hydrogen) atoms. The van der Waals surface area contributed by atoms with Gasteiger partial charge in [0.25, 0.3) is 0 Å². The van der Waals surface area contributed by atoms with E-state index in [1.165, 1.54) is 22.4 Å². The number of thiazole rings is 1. The number of benzene rings is 1. The summed E-state index contributed by atoms with van der Waals surface area (Å²) in [6.45, 7) is 2.00. The zero-order chi connectivity index (χ0) is 16.8. The van der Waals surface area contributed by atoms with E-state index in [4.69, 9.17) is 9.40 Å². The third kappa shape index (κ3) is 3.04. The highest BCUT2D eigenvalue weighted by molar-refractivity contribution is 7.98. The van der Waals surface area contributed by atoms with Gasteiger partial charge in [-0.3, -0.25) is 0 Å². The van der Waals surface area contributed by atoms with Crippen molar-refractivity contribution in [3.8, 4) is 0 Å². The van der Waals surface area contributed by atoms with Gasteiger partial charge in [0.05, 0.1) is 10.2 Å². The number of aromatic nitrogens is 3. The molecule has 2 aliphatic rings. The molecule has 0 radical (unpaired) electrons. The van der Waals surface area contributed by atoms with Crippen LogP contribution in [0.5, 0.6) is 0 Å². The second-order valence-corrected chi connectivity index (χ2v) is 8.73. The van der Waals surface area contributed by atoms with Crippen LogP contribution in [0.4, 0.5) is 5.13 Å². The Labute approximate surface area is 154 Å². The summed E-state index contributed by atoms with van der Waals surface area (Å²) in [4.78, 5) is 8.53. The lowest BCUT2D eigenvalue weighted by atomic mass is 9.97. The first-order valence-electron chi connectivity index (χ1n) is 8.83. The van der Waals surface area contributed by atoms with Crippen molar-refractivity contribution in [1.82, 2.24) is 15.2 Å². The molecule has 7 heteroatoms. The lowest BCUT2D eigenvalue weighted by molar-refractivity contribution is 0.376. The zero-order valence-electron chi connectivity index (χ0n) is 14.1. The van der Waals surface area contributed by atoms with Crippen LogP contribution in [-0.4, -0.2) is 34.5 Å². The van der Waals surface area contributed by atoms with Crippen LogP contribution in [-0.2, 0) is 0 Å². The molecular weight excluding hydrogens is 352 g/mol. The van der Waals surface area contributed by atoms with Crippen LogP contribution in [0.15, 0.2) is 27.5 Å². The van der Waals surface area contributed by atoms with E-state index in [1.807, 2.05) is 0 Å².